The van der Waals surface area contributed by atoms with Crippen LogP contribution in [0.25, 0.3) is 0 Å². The summed E-state index contributed by atoms with van der Waals surface area (Å²) in [4.78, 5) is 24.8. The van der Waals surface area contributed by atoms with Crippen LogP contribution >= 0.6 is 23.2 Å². The molecule has 1 aliphatic rings. The summed E-state index contributed by atoms with van der Waals surface area (Å²) in [6, 6.07) is 13.2. The third-order valence-electron chi connectivity index (χ3n) is 5.28. The molecule has 10 heteroatoms. The Bertz CT molecular complexity index is 1060. The van der Waals surface area contributed by atoms with Crippen LogP contribution in [0, 0.1) is 5.92 Å². The van der Waals surface area contributed by atoms with Gasteiger partial charge in [-0.25, -0.2) is 8.42 Å². The summed E-state index contributed by atoms with van der Waals surface area (Å²) in [6.07, 6.45) is 1.32. The maximum Gasteiger partial charge on any atom is 0.243 e. The van der Waals surface area contributed by atoms with Gasteiger partial charge in [-0.2, -0.15) is 4.31 Å². The van der Waals surface area contributed by atoms with Gasteiger partial charge in [0.25, 0.3) is 0 Å². The Balaban J connectivity index is 1.45. The first-order valence-corrected chi connectivity index (χ1v) is 12.5. The fourth-order valence-electron chi connectivity index (χ4n) is 3.51. The van der Waals surface area contributed by atoms with Crippen molar-refractivity contribution in [2.75, 3.05) is 19.6 Å². The summed E-state index contributed by atoms with van der Waals surface area (Å²) < 4.78 is 27.0. The van der Waals surface area contributed by atoms with Crippen molar-refractivity contribution in [3.63, 3.8) is 0 Å². The van der Waals surface area contributed by atoms with E-state index in [1.54, 1.807) is 48.5 Å². The summed E-state index contributed by atoms with van der Waals surface area (Å²) >= 11 is 11.9. The molecule has 0 bridgehead atoms. The molecule has 0 saturated carbocycles. The highest BCUT2D eigenvalue weighted by Crippen LogP contribution is 2.24. The van der Waals surface area contributed by atoms with Crippen LogP contribution in [0.2, 0.25) is 10.0 Å². The molecule has 0 aromatic heterocycles. The van der Waals surface area contributed by atoms with Crippen molar-refractivity contribution >= 4 is 45.0 Å². The van der Waals surface area contributed by atoms with Gasteiger partial charge in [0.05, 0.1) is 10.8 Å². The minimum atomic E-state index is -3.63. The first-order valence-electron chi connectivity index (χ1n) is 10.3. The monoisotopic (exact) mass is 497 g/mol. The Kier molecular flexibility index (Phi) is 8.53. The average molecular weight is 498 g/mol. The molecular weight excluding hydrogens is 473 g/mol. The fraction of sp³-hybridized carbons (Fsp3) is 0.364. The van der Waals surface area contributed by atoms with Crippen molar-refractivity contribution in [1.29, 1.82) is 0 Å². The van der Waals surface area contributed by atoms with E-state index in [1.165, 1.54) is 4.31 Å². The molecule has 2 amide bonds. The molecule has 2 aromatic carbocycles. The van der Waals surface area contributed by atoms with Crippen molar-refractivity contribution in [3.8, 4) is 0 Å². The summed E-state index contributed by atoms with van der Waals surface area (Å²) in [5, 5.41) is 6.49. The molecule has 1 heterocycles. The molecule has 0 aliphatic carbocycles. The van der Waals surface area contributed by atoms with Gasteiger partial charge in [-0.3, -0.25) is 9.59 Å². The van der Waals surface area contributed by atoms with Crippen molar-refractivity contribution in [1.82, 2.24) is 14.9 Å². The normalized spacial score (nSPS) is 17.0. The van der Waals surface area contributed by atoms with Crippen LogP contribution in [-0.2, 0) is 26.2 Å². The van der Waals surface area contributed by atoms with Crippen molar-refractivity contribution in [2.24, 2.45) is 5.92 Å². The van der Waals surface area contributed by atoms with Gasteiger partial charge < -0.3 is 10.6 Å². The van der Waals surface area contributed by atoms with E-state index in [4.69, 9.17) is 23.2 Å². The molecule has 2 N–H and O–H groups in total. The number of carbonyl (C=O) groups excluding carboxylic acids is 2. The highest BCUT2D eigenvalue weighted by molar-refractivity contribution is 7.89. The van der Waals surface area contributed by atoms with E-state index in [9.17, 15) is 18.0 Å². The first kappa shape index (κ1) is 24.5. The number of nitrogens with one attached hydrogen (secondary N) is 2. The largest absolute Gasteiger partial charge is 0.355 e. The van der Waals surface area contributed by atoms with Gasteiger partial charge in [0.1, 0.15) is 0 Å². The maximum atomic E-state index is 12.8. The lowest BCUT2D eigenvalue weighted by molar-refractivity contribution is -0.126. The number of amides is 2. The van der Waals surface area contributed by atoms with Crippen LogP contribution in [0.5, 0.6) is 0 Å². The number of sulfonamides is 1. The zero-order valence-electron chi connectivity index (χ0n) is 17.4. The highest BCUT2D eigenvalue weighted by atomic mass is 35.5. The van der Waals surface area contributed by atoms with Crippen LogP contribution in [0.15, 0.2) is 53.4 Å². The average Bonchev–Trinajstić information content (AvgIpc) is 2.79. The smallest absolute Gasteiger partial charge is 0.243 e. The zero-order valence-corrected chi connectivity index (χ0v) is 19.7. The predicted molar refractivity (Wildman–Crippen MR) is 124 cm³/mol. The van der Waals surface area contributed by atoms with Gasteiger partial charge in [0.15, 0.2) is 0 Å². The predicted octanol–water partition coefficient (Wildman–Crippen LogP) is 3.22. The highest BCUT2D eigenvalue weighted by Gasteiger charge is 2.33. The zero-order chi connectivity index (χ0) is 23.1. The molecule has 1 saturated heterocycles. The van der Waals surface area contributed by atoms with E-state index in [2.05, 4.69) is 10.6 Å². The van der Waals surface area contributed by atoms with Crippen LogP contribution < -0.4 is 10.6 Å². The SMILES string of the molecule is O=C(CCNC(=O)C1CCCN(S(=O)(=O)c2ccccc2)C1)NCc1ccc(Cl)cc1Cl. The molecule has 172 valence electrons. The number of nitrogens with zero attached hydrogens (tertiary/aromatic N) is 1. The van der Waals surface area contributed by atoms with Crippen LogP contribution in [-0.4, -0.2) is 44.2 Å². The molecule has 0 spiro atoms. The molecule has 3 rings (SSSR count). The van der Waals surface area contributed by atoms with Crippen LogP contribution in [0.3, 0.4) is 0 Å². The standard InChI is InChI=1S/C22H25Cl2N3O4S/c23-18-9-8-16(20(24)13-18)14-26-21(28)10-11-25-22(29)17-5-4-12-27(15-17)32(30,31)19-6-2-1-3-7-19/h1-3,6-9,13,17H,4-5,10-12,14-15H2,(H,25,29)(H,26,28). The molecule has 1 unspecified atom stereocenters. The summed E-state index contributed by atoms with van der Waals surface area (Å²) in [5.41, 5.74) is 0.746. The Morgan fingerprint density at radius 2 is 1.81 bits per heavy atom. The van der Waals surface area contributed by atoms with Crippen LogP contribution in [0.1, 0.15) is 24.8 Å². The van der Waals surface area contributed by atoms with Gasteiger partial charge in [-0.05, 0) is 42.7 Å². The quantitative estimate of drug-likeness (QED) is 0.585. The fourth-order valence-corrected chi connectivity index (χ4v) is 5.53. The second-order valence-corrected chi connectivity index (χ2v) is 10.4. The van der Waals surface area contributed by atoms with Gasteiger partial charge >= 0.3 is 0 Å². The lowest BCUT2D eigenvalue weighted by atomic mass is 9.99. The molecule has 2 aromatic rings. The number of benzene rings is 2. The van der Waals surface area contributed by atoms with E-state index >= 15 is 0 Å². The van der Waals surface area contributed by atoms with Gasteiger partial charge in [0, 0.05) is 42.6 Å². The van der Waals surface area contributed by atoms with E-state index in [0.29, 0.717) is 29.4 Å². The first-order chi connectivity index (χ1) is 15.3. The van der Waals surface area contributed by atoms with E-state index < -0.39 is 15.9 Å². The van der Waals surface area contributed by atoms with Gasteiger partial charge in [-0.15, -0.1) is 0 Å². The molecule has 1 fully saturated rings. The Labute approximate surface area is 198 Å². The molecule has 7 nitrogen and oxygen atoms in total. The van der Waals surface area contributed by atoms with Crippen molar-refractivity contribution in [3.05, 3.63) is 64.1 Å². The number of rotatable bonds is 8. The maximum absolute atomic E-state index is 12.8. The second kappa shape index (κ2) is 11.1. The lowest BCUT2D eigenvalue weighted by Gasteiger charge is -2.31. The number of carbonyl (C=O) groups is 2. The minimum absolute atomic E-state index is 0.107. The number of hydrogen-bond donors (Lipinski definition) is 2. The van der Waals surface area contributed by atoms with E-state index in [-0.39, 0.29) is 42.8 Å². The van der Waals surface area contributed by atoms with E-state index in [0.717, 1.165) is 5.56 Å². The van der Waals surface area contributed by atoms with E-state index in [1.807, 2.05) is 0 Å². The third kappa shape index (κ3) is 6.45. The van der Waals surface area contributed by atoms with Gasteiger partial charge in [-0.1, -0.05) is 47.5 Å². The lowest BCUT2D eigenvalue weighted by Crippen LogP contribution is -2.45. The Hall–Kier alpha value is -2.13. The summed E-state index contributed by atoms with van der Waals surface area (Å²) in [7, 11) is -3.63. The summed E-state index contributed by atoms with van der Waals surface area (Å²) in [6.45, 7) is 0.944. The number of halogens is 2. The number of piperidine rings is 1. The van der Waals surface area contributed by atoms with Crippen LogP contribution in [0.4, 0.5) is 0 Å². The summed E-state index contributed by atoms with van der Waals surface area (Å²) in [5.74, 6) is -0.919. The van der Waals surface area contributed by atoms with Gasteiger partial charge in [0.2, 0.25) is 21.8 Å². The number of hydrogen-bond acceptors (Lipinski definition) is 4. The molecule has 0 radical (unpaired) electrons. The molecule has 32 heavy (non-hydrogen) atoms. The second-order valence-electron chi connectivity index (χ2n) is 7.57. The molecular formula is C22H25Cl2N3O4S. The minimum Gasteiger partial charge on any atom is -0.355 e. The Morgan fingerprint density at radius 1 is 1.06 bits per heavy atom. The van der Waals surface area contributed by atoms with Crippen molar-refractivity contribution in [2.45, 2.75) is 30.7 Å². The van der Waals surface area contributed by atoms with Crippen molar-refractivity contribution < 1.29 is 18.0 Å². The molecule has 1 aliphatic heterocycles. The Morgan fingerprint density at radius 3 is 2.53 bits per heavy atom. The third-order valence-corrected chi connectivity index (χ3v) is 7.74. The molecule has 1 atom stereocenters. The topological polar surface area (TPSA) is 95.6 Å².